The molecule has 0 heterocycles. The maximum Gasteiger partial charge on any atom is 2.00 e. The van der Waals surface area contributed by atoms with E-state index in [1.807, 2.05) is 0 Å². The fourth-order valence-electron chi connectivity index (χ4n) is 0.483. The van der Waals surface area contributed by atoms with Crippen LogP contribution in [0.1, 0.15) is 12.8 Å². The molecule has 0 spiro atoms. The van der Waals surface area contributed by atoms with Gasteiger partial charge in [-0.15, -0.1) is 0 Å². The van der Waals surface area contributed by atoms with Crippen LogP contribution in [0.5, 0.6) is 0 Å². The molecule has 0 saturated heterocycles. The predicted octanol–water partition coefficient (Wildman–Crippen LogP) is -2.17. The van der Waals surface area contributed by atoms with Crippen LogP contribution in [0.2, 0.25) is 0 Å². The van der Waals surface area contributed by atoms with Gasteiger partial charge in [-0.3, -0.25) is 0 Å². The quantitative estimate of drug-likeness (QED) is 0.408. The summed E-state index contributed by atoms with van der Waals surface area (Å²) >= 11 is 0. The van der Waals surface area contributed by atoms with Crippen molar-refractivity contribution < 1.29 is 53.2 Å². The van der Waals surface area contributed by atoms with E-state index < -0.39 is 31.7 Å². The number of hydrogen-bond donors (Lipinski definition) is 2. The van der Waals surface area contributed by atoms with Crippen LogP contribution in [-0.4, -0.2) is 60.9 Å². The van der Waals surface area contributed by atoms with Gasteiger partial charge in [0.1, 0.15) is 0 Å². The van der Waals surface area contributed by atoms with Crippen molar-refractivity contribution >= 4 is 20.2 Å². The molecule has 0 aliphatic carbocycles. The Bertz CT molecular complexity index is 312. The van der Waals surface area contributed by atoms with Gasteiger partial charge in [0.2, 0.25) is 0 Å². The fraction of sp³-hybridized carbons (Fsp3) is 1.00. The third-order valence-electron chi connectivity index (χ3n) is 1.10. The number of rotatable bonds is 6. The maximum absolute atomic E-state index is 9.72. The van der Waals surface area contributed by atoms with Crippen molar-refractivity contribution in [1.29, 1.82) is 0 Å². The van der Waals surface area contributed by atoms with Crippen LogP contribution < -0.4 is 0 Å². The van der Waals surface area contributed by atoms with Crippen molar-refractivity contribution in [2.75, 3.05) is 24.7 Å². The van der Waals surface area contributed by atoms with Crippen molar-refractivity contribution in [2.45, 2.75) is 12.8 Å². The van der Waals surface area contributed by atoms with Gasteiger partial charge in [0.05, 0.1) is 20.2 Å². The summed E-state index contributed by atoms with van der Waals surface area (Å²) in [5, 5.41) is 16.1. The number of aliphatic hydroxyl groups excluding tert-OH is 2. The van der Waals surface area contributed by atoms with Gasteiger partial charge in [-0.25, -0.2) is 16.8 Å². The molecule has 0 unspecified atom stereocenters. The Kier molecular flexibility index (Phi) is 15.0. The Morgan fingerprint density at radius 1 is 0.765 bits per heavy atom. The average molecular weight is 342 g/mol. The van der Waals surface area contributed by atoms with E-state index in [1.165, 1.54) is 0 Å². The first kappa shape index (κ1) is 22.4. The molecule has 1 radical (unpaired) electrons. The van der Waals surface area contributed by atoms with Gasteiger partial charge in [-0.2, -0.15) is 0 Å². The first-order valence-electron chi connectivity index (χ1n) is 4.21. The van der Waals surface area contributed by atoms with Crippen LogP contribution >= 0.6 is 0 Å². The summed E-state index contributed by atoms with van der Waals surface area (Å²) in [6.45, 7) is -0.497. The molecule has 2 N–H and O–H groups in total. The molecule has 0 atom stereocenters. The first-order valence-corrected chi connectivity index (χ1v) is 7.36. The minimum atomic E-state index is -4.10. The second kappa shape index (κ2) is 11.4. The normalized spacial score (nSPS) is 11.1. The molecule has 109 valence electrons. The van der Waals surface area contributed by atoms with E-state index in [0.29, 0.717) is 0 Å². The number of hydrogen-bond acceptors (Lipinski definition) is 8. The maximum atomic E-state index is 9.72. The zero-order chi connectivity index (χ0) is 13.2. The van der Waals surface area contributed by atoms with Crippen LogP contribution in [-0.2, 0) is 37.3 Å². The summed E-state index contributed by atoms with van der Waals surface area (Å²) < 4.78 is 58.3. The Morgan fingerprint density at radius 2 is 1.00 bits per heavy atom. The van der Waals surface area contributed by atoms with Crippen LogP contribution in [0, 0.1) is 0 Å². The second-order valence-electron chi connectivity index (χ2n) is 2.68. The Hall–Kier alpha value is 0.259. The Morgan fingerprint density at radius 3 is 1.06 bits per heavy atom. The Labute approximate surface area is 111 Å². The first-order chi connectivity index (χ1) is 7.12. The number of aliphatic hydroxyl groups is 2. The van der Waals surface area contributed by atoms with Crippen LogP contribution in [0.25, 0.3) is 0 Å². The molecule has 17 heavy (non-hydrogen) atoms. The zero-order valence-electron chi connectivity index (χ0n) is 8.70. The molecule has 0 aliphatic rings. The van der Waals surface area contributed by atoms with Crippen LogP contribution in [0.3, 0.4) is 0 Å². The molecule has 0 fully saturated rings. The minimum absolute atomic E-state index is 0. The fourth-order valence-corrected chi connectivity index (χ4v) is 1.45. The third-order valence-corrected chi connectivity index (χ3v) is 2.68. The summed E-state index contributed by atoms with van der Waals surface area (Å²) in [5.41, 5.74) is 0. The Balaban J connectivity index is -0.000000218. The molecular weight excluding hydrogens is 328 g/mol. The summed E-state index contributed by atoms with van der Waals surface area (Å²) in [5.74, 6) is -0.938. The smallest absolute Gasteiger partial charge is 0.748 e. The van der Waals surface area contributed by atoms with E-state index in [1.54, 1.807) is 0 Å². The molecule has 0 aromatic carbocycles. The summed E-state index contributed by atoms with van der Waals surface area (Å²) in [7, 11) is -8.19. The molecule has 0 bridgehead atoms. The van der Waals surface area contributed by atoms with E-state index in [4.69, 9.17) is 10.2 Å². The molecule has 8 nitrogen and oxygen atoms in total. The van der Waals surface area contributed by atoms with Gasteiger partial charge in [-0.1, -0.05) is 0 Å². The molecule has 0 saturated carbocycles. The van der Waals surface area contributed by atoms with Gasteiger partial charge in [-0.05, 0) is 12.8 Å². The van der Waals surface area contributed by atoms with E-state index in [0.717, 1.165) is 0 Å². The van der Waals surface area contributed by atoms with Gasteiger partial charge >= 0.3 is 17.1 Å². The van der Waals surface area contributed by atoms with Crippen molar-refractivity contribution in [3.8, 4) is 0 Å². The molecular formula is C6H14CuO8S2. The van der Waals surface area contributed by atoms with Crippen molar-refractivity contribution in [2.24, 2.45) is 0 Å². The summed E-state index contributed by atoms with van der Waals surface area (Å²) in [6.07, 6.45) is 0.0671. The summed E-state index contributed by atoms with van der Waals surface area (Å²) in [6, 6.07) is 0. The molecule has 0 rings (SSSR count). The van der Waals surface area contributed by atoms with Gasteiger partial charge in [0.25, 0.3) is 0 Å². The standard InChI is InChI=1S/2C3H8O4S.Cu/c2*4-2-1-3-8(5,6)7;/h2*4H,1-3H2,(H,5,6,7);/q;;+2/p-2. The van der Waals surface area contributed by atoms with E-state index >= 15 is 0 Å². The third kappa shape index (κ3) is 31.4. The van der Waals surface area contributed by atoms with Gasteiger partial charge < -0.3 is 19.3 Å². The van der Waals surface area contributed by atoms with E-state index in [9.17, 15) is 25.9 Å². The largest absolute Gasteiger partial charge is 2.00 e. The van der Waals surface area contributed by atoms with Crippen molar-refractivity contribution in [3.05, 3.63) is 0 Å². The molecule has 0 aromatic heterocycles. The van der Waals surface area contributed by atoms with E-state index in [2.05, 4.69) is 0 Å². The molecule has 0 aromatic rings. The van der Waals surface area contributed by atoms with Gasteiger partial charge in [0, 0.05) is 24.7 Å². The van der Waals surface area contributed by atoms with Crippen molar-refractivity contribution in [3.63, 3.8) is 0 Å². The van der Waals surface area contributed by atoms with Crippen molar-refractivity contribution in [1.82, 2.24) is 0 Å². The van der Waals surface area contributed by atoms with E-state index in [-0.39, 0.29) is 43.1 Å². The molecule has 11 heteroatoms. The monoisotopic (exact) mass is 341 g/mol. The second-order valence-corrected chi connectivity index (χ2v) is 5.73. The van der Waals surface area contributed by atoms with Crippen LogP contribution in [0.4, 0.5) is 0 Å². The minimum Gasteiger partial charge on any atom is -0.748 e. The van der Waals surface area contributed by atoms with Crippen LogP contribution in [0.15, 0.2) is 0 Å². The predicted molar refractivity (Wildman–Crippen MR) is 52.5 cm³/mol. The topological polar surface area (TPSA) is 155 Å². The average Bonchev–Trinajstić information content (AvgIpc) is 2.10. The van der Waals surface area contributed by atoms with Gasteiger partial charge in [0.15, 0.2) is 0 Å². The zero-order valence-corrected chi connectivity index (χ0v) is 11.3. The summed E-state index contributed by atoms with van der Waals surface area (Å²) in [4.78, 5) is 0. The molecule has 0 aliphatic heterocycles. The molecule has 0 amide bonds. The SMILES string of the molecule is O=S(=O)([O-])CCCO.O=S(=O)([O-])CCCO.[Cu+2].